The van der Waals surface area contributed by atoms with Crippen molar-refractivity contribution in [1.82, 2.24) is 0 Å². The summed E-state index contributed by atoms with van der Waals surface area (Å²) in [4.78, 5) is 0.466. The van der Waals surface area contributed by atoms with Gasteiger partial charge in [-0.2, -0.15) is 0 Å². The zero-order valence-corrected chi connectivity index (χ0v) is 8.56. The Labute approximate surface area is 76.8 Å². The highest BCUT2D eigenvalue weighted by molar-refractivity contribution is 9.09. The molecule has 0 heterocycles. The molecule has 1 atom stereocenters. The first-order valence-corrected chi connectivity index (χ1v) is 4.88. The minimum absolute atomic E-state index is 0.466. The molecule has 0 nitrogen and oxygen atoms in total. The van der Waals surface area contributed by atoms with Crippen molar-refractivity contribution < 1.29 is 0 Å². The van der Waals surface area contributed by atoms with Gasteiger partial charge in [-0.05, 0) is 24.5 Å². The number of alkyl halides is 1. The van der Waals surface area contributed by atoms with Crippen molar-refractivity contribution in [3.8, 4) is 0 Å². The lowest BCUT2D eigenvalue weighted by atomic mass is 10.1. The van der Waals surface area contributed by atoms with Crippen LogP contribution in [0.4, 0.5) is 0 Å². The van der Waals surface area contributed by atoms with E-state index in [1.807, 2.05) is 0 Å². The molecule has 0 aliphatic carbocycles. The van der Waals surface area contributed by atoms with Crippen LogP contribution in [0.15, 0.2) is 24.3 Å². The third-order valence-corrected chi connectivity index (χ3v) is 2.38. The second-order valence-corrected chi connectivity index (χ2v) is 4.08. The maximum absolute atomic E-state index is 3.53. The van der Waals surface area contributed by atoms with Crippen LogP contribution in [0, 0.1) is 0 Å². The SMILES string of the molecule is CCc1ccc(C(C)Br)cc1. The molecular weight excluding hydrogens is 200 g/mol. The molecule has 1 heteroatoms. The number of benzene rings is 1. The van der Waals surface area contributed by atoms with Crippen molar-refractivity contribution in [2.24, 2.45) is 0 Å². The quantitative estimate of drug-likeness (QED) is 0.657. The van der Waals surface area contributed by atoms with Crippen molar-refractivity contribution in [3.05, 3.63) is 35.4 Å². The topological polar surface area (TPSA) is 0 Å². The molecule has 1 unspecified atom stereocenters. The van der Waals surface area contributed by atoms with Gasteiger partial charge in [0.1, 0.15) is 0 Å². The molecule has 0 amide bonds. The lowest BCUT2D eigenvalue weighted by Gasteiger charge is -2.03. The monoisotopic (exact) mass is 212 g/mol. The Hall–Kier alpha value is -0.300. The molecule has 0 fully saturated rings. The zero-order chi connectivity index (χ0) is 8.27. The average Bonchev–Trinajstić information content (AvgIpc) is 2.05. The zero-order valence-electron chi connectivity index (χ0n) is 6.97. The summed E-state index contributed by atoms with van der Waals surface area (Å²) in [6.07, 6.45) is 1.12. The highest BCUT2D eigenvalue weighted by Crippen LogP contribution is 2.21. The first kappa shape index (κ1) is 8.79. The molecule has 1 rings (SSSR count). The number of hydrogen-bond donors (Lipinski definition) is 0. The fourth-order valence-corrected chi connectivity index (χ4v) is 1.32. The van der Waals surface area contributed by atoms with Crippen molar-refractivity contribution >= 4 is 15.9 Å². The second kappa shape index (κ2) is 3.91. The summed E-state index contributed by atoms with van der Waals surface area (Å²) in [5, 5.41) is 0. The van der Waals surface area contributed by atoms with E-state index in [4.69, 9.17) is 0 Å². The Morgan fingerprint density at radius 3 is 2.18 bits per heavy atom. The Kier molecular flexibility index (Phi) is 3.13. The molecule has 0 bridgehead atoms. The number of rotatable bonds is 2. The highest BCUT2D eigenvalue weighted by Gasteiger charge is 1.98. The van der Waals surface area contributed by atoms with Gasteiger partial charge in [-0.25, -0.2) is 0 Å². The van der Waals surface area contributed by atoms with Gasteiger partial charge in [0.05, 0.1) is 0 Å². The molecule has 0 radical (unpaired) electrons. The molecule has 0 N–H and O–H groups in total. The molecule has 60 valence electrons. The predicted molar refractivity (Wildman–Crippen MR) is 53.2 cm³/mol. The van der Waals surface area contributed by atoms with Crippen molar-refractivity contribution in [2.45, 2.75) is 25.1 Å². The fourth-order valence-electron chi connectivity index (χ4n) is 1.02. The lowest BCUT2D eigenvalue weighted by Crippen LogP contribution is -1.84. The molecule has 0 spiro atoms. The van der Waals surface area contributed by atoms with E-state index in [2.05, 4.69) is 54.0 Å². The normalized spacial score (nSPS) is 13.0. The first-order valence-electron chi connectivity index (χ1n) is 3.97. The summed E-state index contributed by atoms with van der Waals surface area (Å²) < 4.78 is 0. The van der Waals surface area contributed by atoms with Crippen LogP contribution in [0.5, 0.6) is 0 Å². The van der Waals surface area contributed by atoms with E-state index in [0.29, 0.717) is 4.83 Å². The maximum atomic E-state index is 3.53. The molecular formula is C10H13Br. The predicted octanol–water partition coefficient (Wildman–Crippen LogP) is 3.70. The number of hydrogen-bond acceptors (Lipinski definition) is 0. The van der Waals surface area contributed by atoms with Gasteiger partial charge < -0.3 is 0 Å². The minimum Gasteiger partial charge on any atom is -0.0842 e. The first-order chi connectivity index (χ1) is 5.24. The van der Waals surface area contributed by atoms with E-state index in [-0.39, 0.29) is 0 Å². The summed E-state index contributed by atoms with van der Waals surface area (Å²) in [5.41, 5.74) is 2.75. The summed E-state index contributed by atoms with van der Waals surface area (Å²) in [7, 11) is 0. The van der Waals surface area contributed by atoms with Crippen LogP contribution < -0.4 is 0 Å². The van der Waals surface area contributed by atoms with E-state index >= 15 is 0 Å². The molecule has 1 aromatic rings. The molecule has 0 aliphatic rings. The Balaban J connectivity index is 2.83. The minimum atomic E-state index is 0.466. The summed E-state index contributed by atoms with van der Waals surface area (Å²) >= 11 is 3.53. The van der Waals surface area contributed by atoms with Gasteiger partial charge in [-0.1, -0.05) is 47.1 Å². The van der Waals surface area contributed by atoms with Crippen LogP contribution in [0.3, 0.4) is 0 Å². The van der Waals surface area contributed by atoms with Gasteiger partial charge in [0.15, 0.2) is 0 Å². The van der Waals surface area contributed by atoms with Gasteiger partial charge >= 0.3 is 0 Å². The van der Waals surface area contributed by atoms with Crippen LogP contribution in [-0.2, 0) is 6.42 Å². The van der Waals surface area contributed by atoms with Crippen molar-refractivity contribution in [2.75, 3.05) is 0 Å². The Bertz CT molecular complexity index is 211. The number of halogens is 1. The van der Waals surface area contributed by atoms with E-state index in [9.17, 15) is 0 Å². The van der Waals surface area contributed by atoms with Crippen LogP contribution in [0.1, 0.15) is 29.8 Å². The smallest absolute Gasteiger partial charge is 0.0367 e. The molecule has 11 heavy (non-hydrogen) atoms. The van der Waals surface area contributed by atoms with Gasteiger partial charge in [0.25, 0.3) is 0 Å². The van der Waals surface area contributed by atoms with Crippen LogP contribution >= 0.6 is 15.9 Å². The van der Waals surface area contributed by atoms with Crippen LogP contribution in [0.2, 0.25) is 0 Å². The van der Waals surface area contributed by atoms with Gasteiger partial charge in [0.2, 0.25) is 0 Å². The maximum Gasteiger partial charge on any atom is 0.0367 e. The Morgan fingerprint density at radius 1 is 1.27 bits per heavy atom. The summed E-state index contributed by atoms with van der Waals surface area (Å²) in [6.45, 7) is 4.31. The van der Waals surface area contributed by atoms with E-state index < -0.39 is 0 Å². The average molecular weight is 213 g/mol. The van der Waals surface area contributed by atoms with E-state index in [0.717, 1.165) is 6.42 Å². The largest absolute Gasteiger partial charge is 0.0842 e. The van der Waals surface area contributed by atoms with Gasteiger partial charge in [0, 0.05) is 4.83 Å². The summed E-state index contributed by atoms with van der Waals surface area (Å²) in [6, 6.07) is 8.73. The molecule has 0 saturated carbocycles. The molecule has 0 aromatic heterocycles. The van der Waals surface area contributed by atoms with Crippen molar-refractivity contribution in [1.29, 1.82) is 0 Å². The number of aryl methyl sites for hydroxylation is 1. The Morgan fingerprint density at radius 2 is 1.82 bits per heavy atom. The van der Waals surface area contributed by atoms with Gasteiger partial charge in [-0.3, -0.25) is 0 Å². The second-order valence-electron chi connectivity index (χ2n) is 2.71. The van der Waals surface area contributed by atoms with Gasteiger partial charge in [-0.15, -0.1) is 0 Å². The third kappa shape index (κ3) is 2.33. The van der Waals surface area contributed by atoms with Crippen LogP contribution in [0.25, 0.3) is 0 Å². The lowest BCUT2D eigenvalue weighted by molar-refractivity contribution is 1.09. The highest BCUT2D eigenvalue weighted by atomic mass is 79.9. The third-order valence-electron chi connectivity index (χ3n) is 1.85. The standard InChI is InChI=1S/C10H13Br/c1-3-9-4-6-10(7-5-9)8(2)11/h4-8H,3H2,1-2H3. The molecule has 0 aliphatic heterocycles. The summed E-state index contributed by atoms with van der Waals surface area (Å²) in [5.74, 6) is 0. The van der Waals surface area contributed by atoms with Crippen LogP contribution in [-0.4, -0.2) is 0 Å². The van der Waals surface area contributed by atoms with E-state index in [1.165, 1.54) is 11.1 Å². The molecule has 0 saturated heterocycles. The van der Waals surface area contributed by atoms with E-state index in [1.54, 1.807) is 0 Å². The fraction of sp³-hybridized carbons (Fsp3) is 0.400. The molecule has 1 aromatic carbocycles. The van der Waals surface area contributed by atoms with Crippen molar-refractivity contribution in [3.63, 3.8) is 0 Å².